The molecule has 0 spiro atoms. The number of hydrogen-bond acceptors (Lipinski definition) is 3. The highest BCUT2D eigenvalue weighted by molar-refractivity contribution is 6.36. The highest BCUT2D eigenvalue weighted by Crippen LogP contribution is 2.28. The lowest BCUT2D eigenvalue weighted by atomic mass is 10.0. The van der Waals surface area contributed by atoms with Crippen molar-refractivity contribution < 1.29 is 0 Å². The van der Waals surface area contributed by atoms with Crippen LogP contribution in [0, 0.1) is 0 Å². The molecular formula is C13H16Cl2N4. The summed E-state index contributed by atoms with van der Waals surface area (Å²) in [6.07, 6.45) is 4.35. The number of rotatable bonds is 5. The Bertz CT molecular complexity index is 533. The maximum absolute atomic E-state index is 6.17. The van der Waals surface area contributed by atoms with Gasteiger partial charge in [0.1, 0.15) is 0 Å². The third-order valence-electron chi connectivity index (χ3n) is 3.05. The van der Waals surface area contributed by atoms with Gasteiger partial charge in [-0.1, -0.05) is 29.3 Å². The SMILES string of the molecule is CCn1cnc(C(Cc2c(Cl)cccc2Cl)NN)c1. The summed E-state index contributed by atoms with van der Waals surface area (Å²) in [5, 5.41) is 1.28. The number of aryl methyl sites for hydroxylation is 1. The van der Waals surface area contributed by atoms with Gasteiger partial charge in [-0.3, -0.25) is 11.3 Å². The Kier molecular flexibility index (Phi) is 4.82. The number of hydrogen-bond donors (Lipinski definition) is 2. The van der Waals surface area contributed by atoms with Crippen molar-refractivity contribution >= 4 is 23.2 Å². The molecule has 0 aliphatic carbocycles. The molecule has 0 saturated carbocycles. The minimum Gasteiger partial charge on any atom is -0.337 e. The first kappa shape index (κ1) is 14.3. The lowest BCUT2D eigenvalue weighted by molar-refractivity contribution is 0.540. The van der Waals surface area contributed by atoms with Gasteiger partial charge >= 0.3 is 0 Å². The van der Waals surface area contributed by atoms with E-state index in [0.29, 0.717) is 16.5 Å². The first-order valence-corrected chi connectivity index (χ1v) is 6.82. The molecule has 4 nitrogen and oxygen atoms in total. The molecule has 1 atom stereocenters. The number of imidazole rings is 1. The molecule has 0 bridgehead atoms. The van der Waals surface area contributed by atoms with Crippen LogP contribution in [0.1, 0.15) is 24.2 Å². The van der Waals surface area contributed by atoms with E-state index in [0.717, 1.165) is 17.8 Å². The topological polar surface area (TPSA) is 55.9 Å². The van der Waals surface area contributed by atoms with E-state index in [-0.39, 0.29) is 6.04 Å². The van der Waals surface area contributed by atoms with E-state index >= 15 is 0 Å². The maximum Gasteiger partial charge on any atom is 0.0950 e. The van der Waals surface area contributed by atoms with Gasteiger partial charge in [0.2, 0.25) is 0 Å². The number of aromatic nitrogens is 2. The van der Waals surface area contributed by atoms with Gasteiger partial charge in [0.25, 0.3) is 0 Å². The molecule has 0 radical (unpaired) electrons. The Hall–Kier alpha value is -1.07. The van der Waals surface area contributed by atoms with Crippen molar-refractivity contribution in [1.82, 2.24) is 15.0 Å². The summed E-state index contributed by atoms with van der Waals surface area (Å²) in [6, 6.07) is 5.34. The molecule has 1 heterocycles. The Labute approximate surface area is 122 Å². The van der Waals surface area contributed by atoms with Crippen LogP contribution in [0.25, 0.3) is 0 Å². The van der Waals surface area contributed by atoms with E-state index in [1.807, 2.05) is 29.0 Å². The van der Waals surface area contributed by atoms with E-state index in [4.69, 9.17) is 29.0 Å². The van der Waals surface area contributed by atoms with Crippen LogP contribution < -0.4 is 11.3 Å². The van der Waals surface area contributed by atoms with Crippen LogP contribution in [0.5, 0.6) is 0 Å². The van der Waals surface area contributed by atoms with E-state index in [1.54, 1.807) is 6.33 Å². The molecule has 19 heavy (non-hydrogen) atoms. The molecule has 2 rings (SSSR count). The maximum atomic E-state index is 6.17. The molecule has 0 saturated heterocycles. The summed E-state index contributed by atoms with van der Waals surface area (Å²) in [5.74, 6) is 5.62. The molecule has 1 unspecified atom stereocenters. The molecule has 2 aromatic rings. The second kappa shape index (κ2) is 6.39. The van der Waals surface area contributed by atoms with Gasteiger partial charge in [0.05, 0.1) is 18.1 Å². The zero-order valence-electron chi connectivity index (χ0n) is 10.6. The summed E-state index contributed by atoms with van der Waals surface area (Å²) in [5.41, 5.74) is 4.52. The van der Waals surface area contributed by atoms with Crippen LogP contribution in [-0.2, 0) is 13.0 Å². The van der Waals surface area contributed by atoms with Gasteiger partial charge in [-0.2, -0.15) is 0 Å². The minimum atomic E-state index is -0.120. The minimum absolute atomic E-state index is 0.120. The number of nitrogens with zero attached hydrogens (tertiary/aromatic N) is 2. The molecule has 1 aromatic carbocycles. The van der Waals surface area contributed by atoms with Crippen LogP contribution in [-0.4, -0.2) is 9.55 Å². The van der Waals surface area contributed by atoms with E-state index in [2.05, 4.69) is 17.3 Å². The highest BCUT2D eigenvalue weighted by atomic mass is 35.5. The summed E-state index contributed by atoms with van der Waals surface area (Å²) in [7, 11) is 0. The summed E-state index contributed by atoms with van der Waals surface area (Å²) < 4.78 is 1.99. The zero-order chi connectivity index (χ0) is 13.8. The monoisotopic (exact) mass is 298 g/mol. The van der Waals surface area contributed by atoms with Gasteiger partial charge in [-0.15, -0.1) is 0 Å². The normalized spacial score (nSPS) is 12.6. The quantitative estimate of drug-likeness (QED) is 0.659. The van der Waals surface area contributed by atoms with Crippen molar-refractivity contribution in [3.63, 3.8) is 0 Å². The van der Waals surface area contributed by atoms with E-state index in [1.165, 1.54) is 0 Å². The number of nitrogens with two attached hydrogens (primary N) is 1. The van der Waals surface area contributed by atoms with Gasteiger partial charge in [0, 0.05) is 22.8 Å². The fourth-order valence-electron chi connectivity index (χ4n) is 1.91. The molecule has 102 valence electrons. The average molecular weight is 299 g/mol. The Morgan fingerprint density at radius 3 is 2.58 bits per heavy atom. The number of halogens is 2. The van der Waals surface area contributed by atoms with Crippen LogP contribution in [0.15, 0.2) is 30.7 Å². The summed E-state index contributed by atoms with van der Waals surface area (Å²) >= 11 is 12.3. The standard InChI is InChI=1S/C13H16Cl2N4/c1-2-19-7-13(17-8-19)12(18-16)6-9-10(14)4-3-5-11(9)15/h3-5,7-8,12,18H,2,6,16H2,1H3. The lowest BCUT2D eigenvalue weighted by Gasteiger charge is -2.15. The summed E-state index contributed by atoms with van der Waals surface area (Å²) in [4.78, 5) is 4.35. The number of benzene rings is 1. The Morgan fingerprint density at radius 1 is 1.37 bits per heavy atom. The van der Waals surface area contributed by atoms with Gasteiger partial charge in [-0.05, 0) is 31.0 Å². The van der Waals surface area contributed by atoms with Gasteiger partial charge in [0.15, 0.2) is 0 Å². The number of nitrogens with one attached hydrogen (secondary N) is 1. The smallest absolute Gasteiger partial charge is 0.0950 e. The van der Waals surface area contributed by atoms with Crippen LogP contribution >= 0.6 is 23.2 Å². The van der Waals surface area contributed by atoms with Crippen LogP contribution in [0.4, 0.5) is 0 Å². The van der Waals surface area contributed by atoms with Gasteiger partial charge in [-0.25, -0.2) is 4.98 Å². The van der Waals surface area contributed by atoms with Crippen molar-refractivity contribution in [3.05, 3.63) is 52.0 Å². The molecule has 0 aliphatic rings. The molecule has 3 N–H and O–H groups in total. The second-order valence-corrected chi connectivity index (χ2v) is 5.07. The van der Waals surface area contributed by atoms with Crippen molar-refractivity contribution in [2.45, 2.75) is 25.9 Å². The molecule has 0 aliphatic heterocycles. The van der Waals surface area contributed by atoms with Crippen LogP contribution in [0.3, 0.4) is 0 Å². The average Bonchev–Trinajstić information content (AvgIpc) is 2.87. The largest absolute Gasteiger partial charge is 0.337 e. The third-order valence-corrected chi connectivity index (χ3v) is 3.75. The number of hydrazine groups is 1. The van der Waals surface area contributed by atoms with Crippen molar-refractivity contribution in [3.8, 4) is 0 Å². The zero-order valence-corrected chi connectivity index (χ0v) is 12.1. The van der Waals surface area contributed by atoms with Gasteiger partial charge < -0.3 is 4.57 Å². The van der Waals surface area contributed by atoms with Crippen LogP contribution in [0.2, 0.25) is 10.0 Å². The molecule has 0 amide bonds. The Morgan fingerprint density at radius 2 is 2.05 bits per heavy atom. The van der Waals surface area contributed by atoms with E-state index in [9.17, 15) is 0 Å². The molecule has 6 heteroatoms. The fourth-order valence-corrected chi connectivity index (χ4v) is 2.46. The molecular weight excluding hydrogens is 283 g/mol. The highest BCUT2D eigenvalue weighted by Gasteiger charge is 2.17. The first-order valence-electron chi connectivity index (χ1n) is 6.06. The summed E-state index contributed by atoms with van der Waals surface area (Å²) in [6.45, 7) is 2.93. The van der Waals surface area contributed by atoms with Crippen molar-refractivity contribution in [2.75, 3.05) is 0 Å². The lowest BCUT2D eigenvalue weighted by Crippen LogP contribution is -2.30. The molecule has 0 fully saturated rings. The Balaban J connectivity index is 2.24. The first-order chi connectivity index (χ1) is 9.15. The molecule has 1 aromatic heterocycles. The van der Waals surface area contributed by atoms with Crippen molar-refractivity contribution in [2.24, 2.45) is 5.84 Å². The van der Waals surface area contributed by atoms with E-state index < -0.39 is 0 Å². The predicted molar refractivity (Wildman–Crippen MR) is 78.1 cm³/mol. The third kappa shape index (κ3) is 3.28. The predicted octanol–water partition coefficient (Wildman–Crippen LogP) is 2.96. The second-order valence-electron chi connectivity index (χ2n) is 4.25. The van der Waals surface area contributed by atoms with Crippen molar-refractivity contribution in [1.29, 1.82) is 0 Å². The fraction of sp³-hybridized carbons (Fsp3) is 0.308.